The number of benzene rings is 1. The van der Waals surface area contributed by atoms with Crippen molar-refractivity contribution in [2.75, 3.05) is 13.2 Å². The van der Waals surface area contributed by atoms with E-state index in [1.54, 1.807) is 66.7 Å². The molecule has 12 heteroatoms. The topological polar surface area (TPSA) is 88.1 Å². The first-order chi connectivity index (χ1) is 23.9. The minimum Gasteiger partial charge on any atom is -0.458 e. The lowest BCUT2D eigenvalue weighted by Crippen LogP contribution is -2.66. The predicted molar refractivity (Wildman–Crippen MR) is 182 cm³/mol. The first kappa shape index (κ1) is 40.1. The van der Waals surface area contributed by atoms with Gasteiger partial charge in [0, 0.05) is 17.8 Å². The van der Waals surface area contributed by atoms with Crippen molar-refractivity contribution in [3.8, 4) is 0 Å². The molecule has 0 N–H and O–H groups in total. The van der Waals surface area contributed by atoms with Crippen molar-refractivity contribution in [3.05, 3.63) is 58.2 Å². The summed E-state index contributed by atoms with van der Waals surface area (Å²) in [4.78, 5) is 37.5. The van der Waals surface area contributed by atoms with E-state index in [9.17, 15) is 27.6 Å². The number of hydrogen-bond donors (Lipinski definition) is 0. The number of allylic oxidation sites excluding steroid dienone is 4. The van der Waals surface area contributed by atoms with Crippen molar-refractivity contribution >= 4 is 17.7 Å². The van der Waals surface area contributed by atoms with Crippen LogP contribution in [0.15, 0.2) is 47.1 Å². The third-order valence-corrected chi connectivity index (χ3v) is 11.3. The minimum atomic E-state index is -5.95. The monoisotopic (exact) mass is 738 g/mol. The largest absolute Gasteiger partial charge is 0.458 e. The van der Waals surface area contributed by atoms with Crippen LogP contribution in [-0.2, 0) is 33.3 Å². The van der Waals surface area contributed by atoms with Crippen LogP contribution in [0, 0.1) is 17.3 Å². The normalized spacial score (nSPS) is 28.8. The zero-order valence-corrected chi connectivity index (χ0v) is 31.3. The third-order valence-electron chi connectivity index (χ3n) is 11.3. The van der Waals surface area contributed by atoms with Gasteiger partial charge in [-0.25, -0.2) is 9.59 Å². The molecule has 4 aliphatic rings. The SMILES string of the molecule is CC(OCC(=O)OC(C)(C)C)c1ccc([C@H]2C[C@@]3(C)[C@@H](CC[C@@]3(OCC(=O)OC(C)(C)C)C(F)(F)C(F)(F)F)[C@@H]3CCC4=CC(=O)CCC4=C32)cc1. The van der Waals surface area contributed by atoms with Crippen molar-refractivity contribution in [1.82, 2.24) is 0 Å². The Morgan fingerprint density at radius 1 is 0.865 bits per heavy atom. The van der Waals surface area contributed by atoms with Gasteiger partial charge in [0.05, 0.1) is 6.10 Å². The van der Waals surface area contributed by atoms with Crippen molar-refractivity contribution in [2.45, 2.75) is 141 Å². The van der Waals surface area contributed by atoms with Crippen molar-refractivity contribution in [1.29, 1.82) is 0 Å². The van der Waals surface area contributed by atoms with Gasteiger partial charge in [0.2, 0.25) is 0 Å². The molecular weight excluding hydrogens is 687 g/mol. The molecule has 1 aromatic carbocycles. The van der Waals surface area contributed by atoms with E-state index in [2.05, 4.69) is 0 Å². The van der Waals surface area contributed by atoms with Gasteiger partial charge in [0.1, 0.15) is 30.0 Å². The van der Waals surface area contributed by atoms with Crippen LogP contribution in [0.5, 0.6) is 0 Å². The van der Waals surface area contributed by atoms with Crippen LogP contribution in [0.3, 0.4) is 0 Å². The molecule has 0 saturated heterocycles. The number of hydrogen-bond acceptors (Lipinski definition) is 7. The lowest BCUT2D eigenvalue weighted by molar-refractivity contribution is -0.370. The summed E-state index contributed by atoms with van der Waals surface area (Å²) >= 11 is 0. The summed E-state index contributed by atoms with van der Waals surface area (Å²) in [6.07, 6.45) is -3.67. The number of ether oxygens (including phenoxy) is 4. The van der Waals surface area contributed by atoms with Gasteiger partial charge in [-0.2, -0.15) is 22.0 Å². The fourth-order valence-electron chi connectivity index (χ4n) is 9.23. The fourth-order valence-corrected chi connectivity index (χ4v) is 9.23. The second kappa shape index (κ2) is 13.9. The van der Waals surface area contributed by atoms with E-state index in [-0.39, 0.29) is 31.1 Å². The van der Waals surface area contributed by atoms with E-state index in [4.69, 9.17) is 18.9 Å². The summed E-state index contributed by atoms with van der Waals surface area (Å²) in [7, 11) is 0. The van der Waals surface area contributed by atoms with Crippen LogP contribution in [0.2, 0.25) is 0 Å². The maximum absolute atomic E-state index is 16.2. The zero-order chi connectivity index (χ0) is 38.7. The number of halogens is 5. The summed E-state index contributed by atoms with van der Waals surface area (Å²) in [5.74, 6) is -8.32. The van der Waals surface area contributed by atoms with E-state index < -0.39 is 77.2 Å². The molecule has 0 radical (unpaired) electrons. The van der Waals surface area contributed by atoms with E-state index in [1.807, 2.05) is 12.1 Å². The molecule has 1 aromatic rings. The van der Waals surface area contributed by atoms with Crippen LogP contribution < -0.4 is 0 Å². The van der Waals surface area contributed by atoms with E-state index in [0.29, 0.717) is 25.7 Å². The molecule has 2 fully saturated rings. The van der Waals surface area contributed by atoms with Gasteiger partial charge >= 0.3 is 24.0 Å². The van der Waals surface area contributed by atoms with Gasteiger partial charge < -0.3 is 18.9 Å². The van der Waals surface area contributed by atoms with Crippen molar-refractivity contribution in [3.63, 3.8) is 0 Å². The molecule has 0 spiro atoms. The molecular formula is C40H51F5O7. The average molecular weight is 739 g/mol. The third kappa shape index (κ3) is 7.61. The Morgan fingerprint density at radius 2 is 1.46 bits per heavy atom. The highest BCUT2D eigenvalue weighted by molar-refractivity contribution is 5.93. The minimum absolute atomic E-state index is 0.0139. The van der Waals surface area contributed by atoms with E-state index in [1.165, 1.54) is 6.92 Å². The number of alkyl halides is 5. The highest BCUT2D eigenvalue weighted by atomic mass is 19.4. The Hall–Kier alpha value is -3.12. The highest BCUT2D eigenvalue weighted by Crippen LogP contribution is 2.71. The molecule has 2 saturated carbocycles. The molecule has 6 atom stereocenters. The summed E-state index contributed by atoms with van der Waals surface area (Å²) < 4.78 is 98.1. The number of rotatable bonds is 9. The smallest absolute Gasteiger partial charge is 0.456 e. The van der Waals surface area contributed by atoms with Gasteiger partial charge in [-0.3, -0.25) is 4.79 Å². The Balaban J connectivity index is 1.56. The molecule has 52 heavy (non-hydrogen) atoms. The van der Waals surface area contributed by atoms with E-state index in [0.717, 1.165) is 27.8 Å². The molecule has 0 heterocycles. The number of carbonyl (C=O) groups excluding carboxylic acids is 3. The zero-order valence-electron chi connectivity index (χ0n) is 31.3. The number of fused-ring (bicyclic) bond motifs is 4. The Labute approximate surface area is 302 Å². The highest BCUT2D eigenvalue weighted by Gasteiger charge is 2.80. The first-order valence-corrected chi connectivity index (χ1v) is 18.1. The number of ketones is 1. The molecule has 288 valence electrons. The molecule has 7 nitrogen and oxygen atoms in total. The second-order valence-corrected chi connectivity index (χ2v) is 17.0. The van der Waals surface area contributed by atoms with Crippen LogP contribution >= 0.6 is 0 Å². The lowest BCUT2D eigenvalue weighted by atomic mass is 9.50. The molecule has 0 aliphatic heterocycles. The van der Waals surface area contributed by atoms with Crippen LogP contribution in [-0.4, -0.2) is 59.8 Å². The fraction of sp³-hybridized carbons (Fsp3) is 0.675. The molecule has 0 bridgehead atoms. The maximum atomic E-state index is 16.2. The standard InChI is InChI=1S/C40H51F5O7/c1-23(49-21-32(47)51-35(2,3)4)24-9-11-25(12-10-24)30-20-37(8)31(29-15-13-26-19-27(46)14-16-28(26)34(29)30)17-18-38(37,39(41,42)40(43,44)45)50-22-33(48)52-36(5,6)7/h9-12,19,23,29-31H,13-18,20-22H2,1-8H3/t23?,29-,30+,31-,37-,38-/m0/s1. The molecule has 4 aliphatic carbocycles. The van der Waals surface area contributed by atoms with Crippen LogP contribution in [0.1, 0.15) is 123 Å². The van der Waals surface area contributed by atoms with E-state index >= 15 is 8.78 Å². The van der Waals surface area contributed by atoms with Crippen molar-refractivity contribution < 1.29 is 55.3 Å². The van der Waals surface area contributed by atoms with Gasteiger partial charge in [0.25, 0.3) is 0 Å². The Bertz CT molecular complexity index is 1610. The quantitative estimate of drug-likeness (QED) is 0.184. The van der Waals surface area contributed by atoms with Gasteiger partial charge in [-0.05, 0) is 127 Å². The molecule has 5 rings (SSSR count). The maximum Gasteiger partial charge on any atom is 0.456 e. The van der Waals surface area contributed by atoms with Gasteiger partial charge in [-0.15, -0.1) is 0 Å². The molecule has 0 amide bonds. The average Bonchev–Trinajstić information content (AvgIpc) is 3.33. The Kier molecular flexibility index (Phi) is 10.7. The molecule has 0 aromatic heterocycles. The summed E-state index contributed by atoms with van der Waals surface area (Å²) in [6, 6.07) is 7.26. The Morgan fingerprint density at radius 3 is 2.04 bits per heavy atom. The first-order valence-electron chi connectivity index (χ1n) is 18.1. The molecule has 1 unspecified atom stereocenters. The summed E-state index contributed by atoms with van der Waals surface area (Å²) in [5.41, 5.74) is -2.09. The lowest BCUT2D eigenvalue weighted by Gasteiger charge is -2.57. The number of esters is 2. The van der Waals surface area contributed by atoms with Gasteiger partial charge in [-0.1, -0.05) is 36.8 Å². The summed E-state index contributed by atoms with van der Waals surface area (Å²) in [6.45, 7) is 11.9. The second-order valence-electron chi connectivity index (χ2n) is 17.0. The predicted octanol–water partition coefficient (Wildman–Crippen LogP) is 9.30. The number of carbonyl (C=O) groups is 3. The van der Waals surface area contributed by atoms with Gasteiger partial charge in [0.15, 0.2) is 5.78 Å². The van der Waals surface area contributed by atoms with Crippen LogP contribution in [0.4, 0.5) is 22.0 Å². The summed E-state index contributed by atoms with van der Waals surface area (Å²) in [5, 5.41) is 0. The van der Waals surface area contributed by atoms with Crippen molar-refractivity contribution in [2.24, 2.45) is 17.3 Å². The van der Waals surface area contributed by atoms with Crippen LogP contribution in [0.25, 0.3) is 0 Å².